The molecular formula is C22H32N4. The van der Waals surface area contributed by atoms with Crippen LogP contribution in [0.1, 0.15) is 45.1 Å². The summed E-state index contributed by atoms with van der Waals surface area (Å²) in [6.07, 6.45) is 4.48. The first-order valence-electron chi connectivity index (χ1n) is 9.58. The van der Waals surface area contributed by atoms with Crippen LogP contribution in [0.2, 0.25) is 0 Å². The molecule has 1 aliphatic carbocycles. The lowest BCUT2D eigenvalue weighted by Crippen LogP contribution is -2.53. The van der Waals surface area contributed by atoms with E-state index < -0.39 is 0 Å². The fourth-order valence-corrected chi connectivity index (χ4v) is 4.72. The molecule has 0 unspecified atom stereocenters. The minimum Gasteiger partial charge on any atom is -0.365 e. The van der Waals surface area contributed by atoms with Crippen molar-refractivity contribution in [3.8, 4) is 6.07 Å². The van der Waals surface area contributed by atoms with Crippen LogP contribution < -0.4 is 5.32 Å². The van der Waals surface area contributed by atoms with E-state index >= 15 is 0 Å². The van der Waals surface area contributed by atoms with E-state index in [4.69, 9.17) is 0 Å². The maximum atomic E-state index is 9.37. The Hall–Kier alpha value is -1.99. The van der Waals surface area contributed by atoms with Crippen LogP contribution in [0.15, 0.2) is 42.7 Å². The van der Waals surface area contributed by atoms with E-state index in [9.17, 15) is 5.26 Å². The molecule has 140 valence electrons. The molecule has 2 fully saturated rings. The zero-order chi connectivity index (χ0) is 19.0. The Morgan fingerprint density at radius 1 is 1.19 bits per heavy atom. The fraction of sp³-hybridized carbons (Fsp3) is 0.591. The molecule has 4 nitrogen and oxygen atoms in total. The Morgan fingerprint density at radius 3 is 2.35 bits per heavy atom. The van der Waals surface area contributed by atoms with E-state index in [1.165, 1.54) is 5.56 Å². The minimum absolute atomic E-state index is 0.0942. The van der Waals surface area contributed by atoms with Gasteiger partial charge in [-0.1, -0.05) is 36.9 Å². The second-order valence-corrected chi connectivity index (χ2v) is 9.00. The van der Waals surface area contributed by atoms with Gasteiger partial charge in [-0.25, -0.2) is 0 Å². The van der Waals surface area contributed by atoms with Gasteiger partial charge in [0.1, 0.15) is 0 Å². The van der Waals surface area contributed by atoms with E-state index in [1.54, 1.807) is 0 Å². The second-order valence-electron chi connectivity index (χ2n) is 9.00. The summed E-state index contributed by atoms with van der Waals surface area (Å²) in [6, 6.07) is 13.3. The van der Waals surface area contributed by atoms with Gasteiger partial charge in [-0.05, 0) is 59.2 Å². The highest BCUT2D eigenvalue weighted by Crippen LogP contribution is 2.46. The Kier molecular flexibility index (Phi) is 4.79. The predicted octanol–water partition coefficient (Wildman–Crippen LogP) is 3.68. The highest BCUT2D eigenvalue weighted by atomic mass is 15.3. The van der Waals surface area contributed by atoms with Gasteiger partial charge >= 0.3 is 0 Å². The molecule has 1 aromatic carbocycles. The standard InChI is InChI=1S/C22H32N4/c1-18-24-21(17-26(18)16-20(2,3)15-23)11-13-22(14-12-21,25(4)5)19-9-7-6-8-10-19/h6-10,24H,1,11-14,16-17H2,2-5H3/t21-,22+. The summed E-state index contributed by atoms with van der Waals surface area (Å²) in [6.45, 7) is 9.91. The van der Waals surface area contributed by atoms with Crippen molar-refractivity contribution in [3.05, 3.63) is 48.3 Å². The molecule has 3 rings (SSSR count). The molecule has 4 heteroatoms. The normalized spacial score (nSPS) is 29.1. The maximum absolute atomic E-state index is 9.37. The summed E-state index contributed by atoms with van der Waals surface area (Å²) >= 11 is 0. The van der Waals surface area contributed by atoms with Crippen molar-refractivity contribution in [2.45, 2.75) is 50.6 Å². The number of nitrogens with zero attached hydrogens (tertiary/aromatic N) is 3. The van der Waals surface area contributed by atoms with E-state index in [0.29, 0.717) is 0 Å². The summed E-state index contributed by atoms with van der Waals surface area (Å²) in [7, 11) is 4.40. The minimum atomic E-state index is -0.359. The van der Waals surface area contributed by atoms with Crippen molar-refractivity contribution in [1.29, 1.82) is 5.26 Å². The molecule has 0 amide bonds. The van der Waals surface area contributed by atoms with Crippen molar-refractivity contribution >= 4 is 0 Å². The van der Waals surface area contributed by atoms with Gasteiger partial charge in [0.15, 0.2) is 0 Å². The van der Waals surface area contributed by atoms with Crippen LogP contribution in [-0.2, 0) is 5.54 Å². The third kappa shape index (κ3) is 3.33. The number of nitrogens with one attached hydrogen (secondary N) is 1. The Bertz CT molecular complexity index is 691. The molecule has 0 aromatic heterocycles. The molecule has 26 heavy (non-hydrogen) atoms. The summed E-state index contributed by atoms with van der Waals surface area (Å²) in [5.41, 5.74) is 1.26. The lowest BCUT2D eigenvalue weighted by molar-refractivity contribution is 0.0612. The van der Waals surface area contributed by atoms with Crippen LogP contribution in [0.25, 0.3) is 0 Å². The van der Waals surface area contributed by atoms with Crippen molar-refractivity contribution in [2.24, 2.45) is 5.41 Å². The number of hydrogen-bond donors (Lipinski definition) is 1. The SMILES string of the molecule is C=C1N[C@]2(CC[C@@](c3ccccc3)(N(C)C)CC2)CN1CC(C)(C)C#N. The van der Waals surface area contributed by atoms with E-state index in [0.717, 1.165) is 44.6 Å². The molecule has 0 radical (unpaired) electrons. The van der Waals surface area contributed by atoms with Crippen LogP contribution >= 0.6 is 0 Å². The van der Waals surface area contributed by atoms with Gasteiger partial charge < -0.3 is 10.2 Å². The Balaban J connectivity index is 1.75. The van der Waals surface area contributed by atoms with E-state index in [1.807, 2.05) is 13.8 Å². The van der Waals surface area contributed by atoms with Crippen molar-refractivity contribution < 1.29 is 0 Å². The molecular weight excluding hydrogens is 320 g/mol. The zero-order valence-electron chi connectivity index (χ0n) is 16.7. The van der Waals surface area contributed by atoms with Crippen molar-refractivity contribution in [1.82, 2.24) is 15.1 Å². The molecule has 0 atom stereocenters. The number of rotatable bonds is 4. The van der Waals surface area contributed by atoms with Gasteiger partial charge in [-0.3, -0.25) is 4.90 Å². The molecule has 1 spiro atoms. The van der Waals surface area contributed by atoms with Gasteiger partial charge in [0, 0.05) is 18.6 Å². The van der Waals surface area contributed by atoms with Gasteiger partial charge in [0.2, 0.25) is 0 Å². The fourth-order valence-electron chi connectivity index (χ4n) is 4.72. The Labute approximate surface area is 158 Å². The number of benzene rings is 1. The molecule has 0 bridgehead atoms. The summed E-state index contributed by atoms with van der Waals surface area (Å²) < 4.78 is 0. The predicted molar refractivity (Wildman–Crippen MR) is 106 cm³/mol. The topological polar surface area (TPSA) is 42.3 Å². The smallest absolute Gasteiger partial charge is 0.0945 e. The third-order valence-corrected chi connectivity index (χ3v) is 6.37. The summed E-state index contributed by atoms with van der Waals surface area (Å²) in [5, 5.41) is 13.1. The average molecular weight is 353 g/mol. The molecule has 1 heterocycles. The largest absolute Gasteiger partial charge is 0.365 e. The van der Waals surface area contributed by atoms with Crippen LogP contribution in [-0.4, -0.2) is 42.5 Å². The molecule has 1 N–H and O–H groups in total. The summed E-state index contributed by atoms with van der Waals surface area (Å²) in [5.74, 6) is 0.977. The molecule has 2 aliphatic rings. The van der Waals surface area contributed by atoms with Crippen LogP contribution in [0, 0.1) is 16.7 Å². The number of nitriles is 1. The average Bonchev–Trinajstić information content (AvgIpc) is 2.91. The first-order valence-corrected chi connectivity index (χ1v) is 9.58. The zero-order valence-corrected chi connectivity index (χ0v) is 16.7. The molecule has 1 aliphatic heterocycles. The van der Waals surface area contributed by atoms with Gasteiger partial charge in [0.05, 0.1) is 22.8 Å². The molecule has 1 aromatic rings. The van der Waals surface area contributed by atoms with Crippen LogP contribution in [0.4, 0.5) is 0 Å². The lowest BCUT2D eigenvalue weighted by Gasteiger charge is -2.49. The van der Waals surface area contributed by atoms with Crippen molar-refractivity contribution in [2.75, 3.05) is 27.2 Å². The van der Waals surface area contributed by atoms with Gasteiger partial charge in [-0.15, -0.1) is 0 Å². The monoisotopic (exact) mass is 352 g/mol. The number of hydrogen-bond acceptors (Lipinski definition) is 4. The first-order chi connectivity index (χ1) is 12.2. The van der Waals surface area contributed by atoms with E-state index in [2.05, 4.69) is 72.2 Å². The highest BCUT2D eigenvalue weighted by Gasteiger charge is 2.48. The maximum Gasteiger partial charge on any atom is 0.0945 e. The third-order valence-electron chi connectivity index (χ3n) is 6.37. The highest BCUT2D eigenvalue weighted by molar-refractivity contribution is 5.27. The quantitative estimate of drug-likeness (QED) is 0.897. The second kappa shape index (κ2) is 6.63. The first kappa shape index (κ1) is 18.8. The molecule has 1 saturated carbocycles. The van der Waals surface area contributed by atoms with Gasteiger partial charge in [0.25, 0.3) is 0 Å². The summed E-state index contributed by atoms with van der Waals surface area (Å²) in [4.78, 5) is 4.67. The lowest BCUT2D eigenvalue weighted by atomic mass is 9.69. The van der Waals surface area contributed by atoms with Crippen LogP contribution in [0.3, 0.4) is 0 Å². The van der Waals surface area contributed by atoms with Crippen LogP contribution in [0.5, 0.6) is 0 Å². The Morgan fingerprint density at radius 2 is 1.81 bits per heavy atom. The van der Waals surface area contributed by atoms with Gasteiger partial charge in [-0.2, -0.15) is 5.26 Å². The van der Waals surface area contributed by atoms with E-state index in [-0.39, 0.29) is 16.5 Å². The van der Waals surface area contributed by atoms with Crippen molar-refractivity contribution in [3.63, 3.8) is 0 Å². The molecule has 1 saturated heterocycles.